The maximum absolute atomic E-state index is 12.2. The van der Waals surface area contributed by atoms with Crippen molar-refractivity contribution in [1.82, 2.24) is 5.32 Å². The Balaban J connectivity index is 1.84. The van der Waals surface area contributed by atoms with Crippen molar-refractivity contribution in [2.75, 3.05) is 0 Å². The van der Waals surface area contributed by atoms with Gasteiger partial charge in [-0.25, -0.2) is 0 Å². The van der Waals surface area contributed by atoms with E-state index in [9.17, 15) is 14.4 Å². The maximum atomic E-state index is 12.2. The summed E-state index contributed by atoms with van der Waals surface area (Å²) >= 11 is 5.79. The number of rotatable bonds is 7. The predicted molar refractivity (Wildman–Crippen MR) is 99.3 cm³/mol. The third kappa shape index (κ3) is 5.70. The Kier molecular flexibility index (Phi) is 6.92. The molecule has 2 aromatic carbocycles. The fourth-order valence-electron chi connectivity index (χ4n) is 2.35. The zero-order chi connectivity index (χ0) is 19.1. The molecule has 1 N–H and O–H groups in total. The fraction of sp³-hybridized carbons (Fsp3) is 0.250. The van der Waals surface area contributed by atoms with Crippen LogP contribution in [0, 0.1) is 0 Å². The second-order valence-corrected chi connectivity index (χ2v) is 6.38. The molecule has 0 bridgehead atoms. The van der Waals surface area contributed by atoms with Crippen molar-refractivity contribution in [3.8, 4) is 0 Å². The van der Waals surface area contributed by atoms with Gasteiger partial charge in [-0.2, -0.15) is 0 Å². The Morgan fingerprint density at radius 1 is 0.962 bits per heavy atom. The summed E-state index contributed by atoms with van der Waals surface area (Å²) in [5.41, 5.74) is 0.930. The van der Waals surface area contributed by atoms with Gasteiger partial charge in [0.1, 0.15) is 0 Å². The molecule has 2 atom stereocenters. The number of nitrogens with one attached hydrogen (secondary N) is 1. The number of esters is 1. The van der Waals surface area contributed by atoms with Crippen LogP contribution in [0.1, 0.15) is 41.0 Å². The monoisotopic (exact) mass is 373 g/mol. The van der Waals surface area contributed by atoms with Gasteiger partial charge in [-0.3, -0.25) is 14.4 Å². The first-order chi connectivity index (χ1) is 12.4. The van der Waals surface area contributed by atoms with E-state index >= 15 is 0 Å². The minimum atomic E-state index is -0.916. The van der Waals surface area contributed by atoms with Crippen LogP contribution in [-0.4, -0.2) is 29.8 Å². The van der Waals surface area contributed by atoms with Gasteiger partial charge in [0.05, 0.1) is 6.42 Å². The van der Waals surface area contributed by atoms with Crippen LogP contribution >= 0.6 is 11.6 Å². The number of halogens is 1. The average Bonchev–Trinajstić information content (AvgIpc) is 2.62. The lowest BCUT2D eigenvalue weighted by molar-refractivity contribution is -0.146. The van der Waals surface area contributed by atoms with Crippen molar-refractivity contribution in [1.29, 1.82) is 0 Å². The number of hydrogen-bond acceptors (Lipinski definition) is 4. The Bertz CT molecular complexity index is 774. The highest BCUT2D eigenvalue weighted by Crippen LogP contribution is 2.13. The van der Waals surface area contributed by atoms with Crippen LogP contribution in [-0.2, 0) is 9.53 Å². The predicted octanol–water partition coefficient (Wildman–Crippen LogP) is 3.66. The number of benzene rings is 2. The zero-order valence-electron chi connectivity index (χ0n) is 14.6. The van der Waals surface area contributed by atoms with Crippen molar-refractivity contribution in [2.45, 2.75) is 32.4 Å². The van der Waals surface area contributed by atoms with Crippen LogP contribution < -0.4 is 5.32 Å². The molecule has 2 rings (SSSR count). The molecular formula is C20H20ClNO4. The third-order valence-corrected chi connectivity index (χ3v) is 3.94. The summed E-state index contributed by atoms with van der Waals surface area (Å²) in [7, 11) is 0. The Hall–Kier alpha value is -2.66. The smallest absolute Gasteiger partial charge is 0.308 e. The van der Waals surface area contributed by atoms with Gasteiger partial charge < -0.3 is 10.1 Å². The number of Topliss-reactive ketones (excluding diaryl/α,β-unsaturated/α-hetero) is 1. The number of hydrogen-bond donors (Lipinski definition) is 1. The molecule has 2 aromatic rings. The Morgan fingerprint density at radius 2 is 1.58 bits per heavy atom. The van der Waals surface area contributed by atoms with E-state index in [1.54, 1.807) is 55.5 Å². The minimum Gasteiger partial charge on any atom is -0.454 e. The summed E-state index contributed by atoms with van der Waals surface area (Å²) < 4.78 is 5.18. The molecule has 0 radical (unpaired) electrons. The molecule has 0 spiro atoms. The van der Waals surface area contributed by atoms with Crippen molar-refractivity contribution >= 4 is 29.3 Å². The van der Waals surface area contributed by atoms with Crippen LogP contribution in [0.15, 0.2) is 54.6 Å². The van der Waals surface area contributed by atoms with E-state index in [4.69, 9.17) is 16.3 Å². The SMILES string of the molecule is CC(CC(=O)OC(C)C(=O)c1ccc(Cl)cc1)NC(=O)c1ccccc1. The van der Waals surface area contributed by atoms with Crippen molar-refractivity contribution in [3.63, 3.8) is 0 Å². The van der Waals surface area contributed by atoms with Crippen LogP contribution in [0.3, 0.4) is 0 Å². The normalized spacial score (nSPS) is 12.7. The second kappa shape index (κ2) is 9.15. The van der Waals surface area contributed by atoms with Gasteiger partial charge in [0, 0.05) is 22.2 Å². The second-order valence-electron chi connectivity index (χ2n) is 5.95. The van der Waals surface area contributed by atoms with E-state index in [0.29, 0.717) is 16.1 Å². The molecule has 136 valence electrons. The fourth-order valence-corrected chi connectivity index (χ4v) is 2.47. The van der Waals surface area contributed by atoms with Gasteiger partial charge in [0.15, 0.2) is 6.10 Å². The summed E-state index contributed by atoms with van der Waals surface area (Å²) in [6.07, 6.45) is -0.947. The topological polar surface area (TPSA) is 72.5 Å². The first kappa shape index (κ1) is 19.7. The van der Waals surface area contributed by atoms with E-state index in [1.165, 1.54) is 6.92 Å². The summed E-state index contributed by atoms with van der Waals surface area (Å²) in [6, 6.07) is 14.7. The molecule has 6 heteroatoms. The van der Waals surface area contributed by atoms with E-state index in [0.717, 1.165) is 0 Å². The van der Waals surface area contributed by atoms with Crippen molar-refractivity contribution in [3.05, 3.63) is 70.7 Å². The molecular weight excluding hydrogens is 354 g/mol. The molecule has 0 fully saturated rings. The number of ether oxygens (including phenoxy) is 1. The Morgan fingerprint density at radius 3 is 2.19 bits per heavy atom. The molecule has 5 nitrogen and oxygen atoms in total. The highest BCUT2D eigenvalue weighted by atomic mass is 35.5. The van der Waals surface area contributed by atoms with Gasteiger partial charge in [0.25, 0.3) is 5.91 Å². The molecule has 0 saturated carbocycles. The number of amides is 1. The summed E-state index contributed by atoms with van der Waals surface area (Å²) in [6.45, 7) is 3.22. The van der Waals surface area contributed by atoms with Gasteiger partial charge in [-0.05, 0) is 50.2 Å². The molecule has 0 saturated heterocycles. The van der Waals surface area contributed by atoms with Crippen LogP contribution in [0.4, 0.5) is 0 Å². The first-order valence-electron chi connectivity index (χ1n) is 8.22. The molecule has 26 heavy (non-hydrogen) atoms. The zero-order valence-corrected chi connectivity index (χ0v) is 15.3. The van der Waals surface area contributed by atoms with E-state index < -0.39 is 18.1 Å². The van der Waals surface area contributed by atoms with Gasteiger partial charge >= 0.3 is 5.97 Å². The highest BCUT2D eigenvalue weighted by Gasteiger charge is 2.21. The van der Waals surface area contributed by atoms with Crippen LogP contribution in [0.5, 0.6) is 0 Å². The quantitative estimate of drug-likeness (QED) is 0.593. The van der Waals surface area contributed by atoms with E-state index in [-0.39, 0.29) is 18.1 Å². The number of carbonyl (C=O) groups is 3. The molecule has 0 heterocycles. The standard InChI is InChI=1S/C20H20ClNO4/c1-13(22-20(25)16-6-4-3-5-7-16)12-18(23)26-14(2)19(24)15-8-10-17(21)11-9-15/h3-11,13-14H,12H2,1-2H3,(H,22,25). The van der Waals surface area contributed by atoms with Gasteiger partial charge in [0.2, 0.25) is 5.78 Å². The lowest BCUT2D eigenvalue weighted by atomic mass is 10.1. The first-order valence-corrected chi connectivity index (χ1v) is 8.60. The van der Waals surface area contributed by atoms with Crippen LogP contribution in [0.25, 0.3) is 0 Å². The summed E-state index contributed by atoms with van der Waals surface area (Å²) in [4.78, 5) is 36.3. The lowest BCUT2D eigenvalue weighted by Crippen LogP contribution is -2.35. The molecule has 1 amide bonds. The molecule has 0 aliphatic heterocycles. The van der Waals surface area contributed by atoms with Gasteiger partial charge in [-0.1, -0.05) is 29.8 Å². The van der Waals surface area contributed by atoms with Gasteiger partial charge in [-0.15, -0.1) is 0 Å². The molecule has 2 unspecified atom stereocenters. The third-order valence-electron chi connectivity index (χ3n) is 3.69. The summed E-state index contributed by atoms with van der Waals surface area (Å²) in [5, 5.41) is 3.25. The van der Waals surface area contributed by atoms with E-state index in [2.05, 4.69) is 5.32 Å². The highest BCUT2D eigenvalue weighted by molar-refractivity contribution is 6.30. The van der Waals surface area contributed by atoms with Crippen LogP contribution in [0.2, 0.25) is 5.02 Å². The maximum Gasteiger partial charge on any atom is 0.308 e. The number of carbonyl (C=O) groups excluding carboxylic acids is 3. The lowest BCUT2D eigenvalue weighted by Gasteiger charge is -2.16. The van der Waals surface area contributed by atoms with Crippen molar-refractivity contribution in [2.24, 2.45) is 0 Å². The number of ketones is 1. The molecule has 0 aromatic heterocycles. The van der Waals surface area contributed by atoms with E-state index in [1.807, 2.05) is 6.07 Å². The van der Waals surface area contributed by atoms with Crippen molar-refractivity contribution < 1.29 is 19.1 Å². The molecule has 0 aliphatic rings. The summed E-state index contributed by atoms with van der Waals surface area (Å²) in [5.74, 6) is -1.13. The minimum absolute atomic E-state index is 0.0309. The largest absolute Gasteiger partial charge is 0.454 e. The molecule has 0 aliphatic carbocycles. The average molecular weight is 374 g/mol. The Labute approximate surface area is 157 Å².